The van der Waals surface area contributed by atoms with Gasteiger partial charge in [-0.15, -0.1) is 0 Å². The van der Waals surface area contributed by atoms with Crippen LogP contribution in [0.25, 0.3) is 10.8 Å². The highest BCUT2D eigenvalue weighted by Gasteiger charge is 2.53. The molecule has 35 heavy (non-hydrogen) atoms. The number of phenolic OH excluding ortho intramolecular Hbond substituents is 1. The van der Waals surface area contributed by atoms with Crippen molar-refractivity contribution in [3.8, 4) is 5.75 Å². The van der Waals surface area contributed by atoms with Gasteiger partial charge in [-0.25, -0.2) is 0 Å². The van der Waals surface area contributed by atoms with E-state index in [0.29, 0.717) is 12.0 Å². The molecule has 2 aliphatic rings. The van der Waals surface area contributed by atoms with Gasteiger partial charge < -0.3 is 20.1 Å². The Kier molecular flexibility index (Phi) is 6.24. The van der Waals surface area contributed by atoms with Crippen LogP contribution in [0.4, 0.5) is 0 Å². The van der Waals surface area contributed by atoms with E-state index in [1.807, 2.05) is 54.6 Å². The smallest absolute Gasteiger partial charge is 0.302 e. The lowest BCUT2D eigenvalue weighted by Crippen LogP contribution is -2.61. The fraction of sp³-hybridized carbons (Fsp3) is 0.379. The van der Waals surface area contributed by atoms with Gasteiger partial charge in [0.2, 0.25) is 0 Å². The summed E-state index contributed by atoms with van der Waals surface area (Å²) in [6.07, 6.45) is 1.83. The minimum Gasteiger partial charge on any atom is -0.508 e. The molecule has 1 saturated heterocycles. The summed E-state index contributed by atoms with van der Waals surface area (Å²) in [5, 5.41) is 15.6. The third kappa shape index (κ3) is 4.63. The van der Waals surface area contributed by atoms with Gasteiger partial charge >= 0.3 is 5.97 Å². The fourth-order valence-electron chi connectivity index (χ4n) is 6.22. The van der Waals surface area contributed by atoms with Crippen molar-refractivity contribution in [2.75, 3.05) is 20.1 Å². The lowest BCUT2D eigenvalue weighted by molar-refractivity contribution is -0.156. The summed E-state index contributed by atoms with van der Waals surface area (Å²) in [5.74, 6) is -0.143. The lowest BCUT2D eigenvalue weighted by Gasteiger charge is -2.55. The van der Waals surface area contributed by atoms with Gasteiger partial charge in [-0.3, -0.25) is 9.59 Å². The second kappa shape index (κ2) is 9.34. The van der Waals surface area contributed by atoms with Crippen LogP contribution < -0.4 is 5.32 Å². The predicted octanol–water partition coefficient (Wildman–Crippen LogP) is 4.26. The van der Waals surface area contributed by atoms with Crippen LogP contribution in [0.1, 0.15) is 42.1 Å². The van der Waals surface area contributed by atoms with Crippen molar-refractivity contribution in [3.63, 3.8) is 0 Å². The highest BCUT2D eigenvalue weighted by Crippen LogP contribution is 2.50. The molecule has 3 aromatic carbocycles. The molecule has 6 heteroatoms. The maximum absolute atomic E-state index is 13.3. The topological polar surface area (TPSA) is 78.9 Å². The molecule has 5 rings (SSSR count). The summed E-state index contributed by atoms with van der Waals surface area (Å²) in [7, 11) is 2.09. The highest BCUT2D eigenvalue weighted by atomic mass is 16.5. The average molecular weight is 473 g/mol. The maximum atomic E-state index is 13.3. The molecule has 0 bridgehead atoms. The molecule has 3 aromatic rings. The molecular formula is C29H32N2O4. The third-order valence-electron chi connectivity index (χ3n) is 7.82. The Hall–Kier alpha value is -3.38. The summed E-state index contributed by atoms with van der Waals surface area (Å²) in [4.78, 5) is 27.7. The van der Waals surface area contributed by atoms with Crippen molar-refractivity contribution in [3.05, 3.63) is 77.9 Å². The number of piperidine rings is 1. The molecule has 182 valence electrons. The maximum Gasteiger partial charge on any atom is 0.302 e. The average Bonchev–Trinajstić information content (AvgIpc) is 2.84. The Labute approximate surface area is 205 Å². The summed E-state index contributed by atoms with van der Waals surface area (Å²) in [5.41, 5.74) is 1.34. The van der Waals surface area contributed by atoms with Crippen LogP contribution in [0, 0.1) is 5.92 Å². The number of carbonyl (C=O) groups excluding carboxylic acids is 2. The molecule has 2 N–H and O–H groups in total. The minimum absolute atomic E-state index is 0.0702. The number of fused-ring (bicyclic) bond motifs is 2. The Bertz CT molecular complexity index is 1260. The van der Waals surface area contributed by atoms with E-state index in [1.54, 1.807) is 6.07 Å². The van der Waals surface area contributed by atoms with Crippen LogP contribution in [-0.2, 0) is 14.9 Å². The van der Waals surface area contributed by atoms with Gasteiger partial charge in [-0.05, 0) is 67.0 Å². The second-order valence-corrected chi connectivity index (χ2v) is 10.1. The van der Waals surface area contributed by atoms with E-state index in [4.69, 9.17) is 4.74 Å². The number of amides is 1. The van der Waals surface area contributed by atoms with Crippen molar-refractivity contribution in [2.24, 2.45) is 5.92 Å². The van der Waals surface area contributed by atoms with Crippen LogP contribution in [0.15, 0.2) is 66.7 Å². The van der Waals surface area contributed by atoms with E-state index < -0.39 is 0 Å². The predicted molar refractivity (Wildman–Crippen MR) is 135 cm³/mol. The number of carbonyl (C=O) groups is 2. The zero-order chi connectivity index (χ0) is 24.6. The fourth-order valence-corrected chi connectivity index (χ4v) is 6.22. The first-order chi connectivity index (χ1) is 16.8. The van der Waals surface area contributed by atoms with Gasteiger partial charge in [0.05, 0.1) is 0 Å². The lowest BCUT2D eigenvalue weighted by atomic mass is 9.57. The summed E-state index contributed by atoms with van der Waals surface area (Å²) >= 11 is 0. The Morgan fingerprint density at radius 2 is 1.86 bits per heavy atom. The number of likely N-dealkylation sites (tertiary alicyclic amines) is 1. The Balaban J connectivity index is 1.48. The first kappa shape index (κ1) is 23.4. The SMILES string of the molecule is CC(=O)OC1CC(NC(=O)c2ccc3ccccc3c2)CC2(c3cccc(O)c3)CCN(C)CC12. The molecule has 4 unspecified atom stereocenters. The highest BCUT2D eigenvalue weighted by molar-refractivity contribution is 5.98. The van der Waals surface area contributed by atoms with Crippen LogP contribution in [0.2, 0.25) is 0 Å². The minimum atomic E-state index is -0.326. The number of aromatic hydroxyl groups is 1. The standard InChI is InChI=1S/C29H32N2O4/c1-19(32)35-27-16-24(30-28(34)22-11-10-20-6-3-4-7-21(20)14-22)17-29(12-13-31(2)18-26(27)29)23-8-5-9-25(33)15-23/h3-11,14-15,24,26-27,33H,12-13,16-18H2,1-2H3,(H,30,34). The van der Waals surface area contributed by atoms with Gasteiger partial charge in [-0.2, -0.15) is 0 Å². The van der Waals surface area contributed by atoms with E-state index in [-0.39, 0.29) is 41.1 Å². The largest absolute Gasteiger partial charge is 0.508 e. The number of ether oxygens (including phenoxy) is 1. The van der Waals surface area contributed by atoms with Crippen molar-refractivity contribution >= 4 is 22.6 Å². The molecule has 1 aliphatic carbocycles. The summed E-state index contributed by atoms with van der Waals surface area (Å²) in [6.45, 7) is 3.13. The van der Waals surface area contributed by atoms with E-state index in [2.05, 4.69) is 23.3 Å². The number of hydrogen-bond donors (Lipinski definition) is 2. The normalized spacial score (nSPS) is 26.6. The van der Waals surface area contributed by atoms with Gasteiger partial charge in [-0.1, -0.05) is 42.5 Å². The third-order valence-corrected chi connectivity index (χ3v) is 7.82. The summed E-state index contributed by atoms with van der Waals surface area (Å²) < 4.78 is 5.88. The van der Waals surface area contributed by atoms with Crippen molar-refractivity contribution in [1.82, 2.24) is 10.2 Å². The number of nitrogens with zero attached hydrogens (tertiary/aromatic N) is 1. The van der Waals surface area contributed by atoms with E-state index in [9.17, 15) is 14.7 Å². The number of esters is 1. The quantitative estimate of drug-likeness (QED) is 0.555. The molecule has 4 atom stereocenters. The second-order valence-electron chi connectivity index (χ2n) is 10.1. The molecular weight excluding hydrogens is 440 g/mol. The number of rotatable bonds is 4. The molecule has 6 nitrogen and oxygen atoms in total. The Morgan fingerprint density at radius 3 is 2.63 bits per heavy atom. The zero-order valence-corrected chi connectivity index (χ0v) is 20.2. The number of phenols is 1. The van der Waals surface area contributed by atoms with Gasteiger partial charge in [0.15, 0.2) is 0 Å². The van der Waals surface area contributed by atoms with Gasteiger partial charge in [0, 0.05) is 42.8 Å². The first-order valence-corrected chi connectivity index (χ1v) is 12.3. The number of nitrogens with one attached hydrogen (secondary N) is 1. The van der Waals surface area contributed by atoms with E-state index >= 15 is 0 Å². The first-order valence-electron chi connectivity index (χ1n) is 12.3. The van der Waals surface area contributed by atoms with E-state index in [1.165, 1.54) is 6.92 Å². The number of hydrogen-bond acceptors (Lipinski definition) is 5. The van der Waals surface area contributed by atoms with Crippen LogP contribution in [-0.4, -0.2) is 54.2 Å². The van der Waals surface area contributed by atoms with Crippen molar-refractivity contribution in [1.29, 1.82) is 0 Å². The monoisotopic (exact) mass is 472 g/mol. The molecule has 0 aromatic heterocycles. The summed E-state index contributed by atoms with van der Waals surface area (Å²) in [6, 6.07) is 21.0. The van der Waals surface area contributed by atoms with E-state index in [0.717, 1.165) is 42.3 Å². The van der Waals surface area contributed by atoms with Gasteiger partial charge in [0.25, 0.3) is 5.91 Å². The van der Waals surface area contributed by atoms with Crippen molar-refractivity contribution in [2.45, 2.75) is 43.7 Å². The molecule has 1 aliphatic heterocycles. The van der Waals surface area contributed by atoms with Crippen LogP contribution in [0.5, 0.6) is 5.75 Å². The molecule has 0 spiro atoms. The van der Waals surface area contributed by atoms with Crippen LogP contribution >= 0.6 is 0 Å². The van der Waals surface area contributed by atoms with Gasteiger partial charge in [0.1, 0.15) is 11.9 Å². The molecule has 1 heterocycles. The molecule has 1 saturated carbocycles. The number of benzene rings is 3. The molecule has 1 amide bonds. The van der Waals surface area contributed by atoms with Crippen LogP contribution in [0.3, 0.4) is 0 Å². The Morgan fingerprint density at radius 1 is 1.06 bits per heavy atom. The molecule has 0 radical (unpaired) electrons. The zero-order valence-electron chi connectivity index (χ0n) is 20.2. The molecule has 2 fully saturated rings. The van der Waals surface area contributed by atoms with Crippen molar-refractivity contribution < 1.29 is 19.4 Å².